The maximum atomic E-state index is 11.9. The average molecular weight is 230 g/mol. The second-order valence-corrected chi connectivity index (χ2v) is 5.05. The SMILES string of the molecule is CC(C)(C)OC(=O)C1(C(=O)O)CCCOC1. The van der Waals surface area contributed by atoms with E-state index in [0.29, 0.717) is 13.0 Å². The van der Waals surface area contributed by atoms with Crippen LogP contribution < -0.4 is 0 Å². The van der Waals surface area contributed by atoms with Crippen molar-refractivity contribution in [3.8, 4) is 0 Å². The van der Waals surface area contributed by atoms with E-state index in [4.69, 9.17) is 9.47 Å². The molecule has 1 heterocycles. The Morgan fingerprint density at radius 1 is 1.38 bits per heavy atom. The molecule has 1 aliphatic rings. The van der Waals surface area contributed by atoms with Crippen LogP contribution in [-0.2, 0) is 19.1 Å². The summed E-state index contributed by atoms with van der Waals surface area (Å²) in [7, 11) is 0. The predicted molar refractivity (Wildman–Crippen MR) is 56.0 cm³/mol. The van der Waals surface area contributed by atoms with Gasteiger partial charge in [0, 0.05) is 6.61 Å². The van der Waals surface area contributed by atoms with Crippen LogP contribution in [0.4, 0.5) is 0 Å². The maximum Gasteiger partial charge on any atom is 0.326 e. The molecule has 0 aromatic rings. The van der Waals surface area contributed by atoms with E-state index >= 15 is 0 Å². The number of carbonyl (C=O) groups is 2. The van der Waals surface area contributed by atoms with E-state index in [1.54, 1.807) is 20.8 Å². The third kappa shape index (κ3) is 2.72. The topological polar surface area (TPSA) is 72.8 Å². The van der Waals surface area contributed by atoms with Crippen LogP contribution in [-0.4, -0.2) is 35.9 Å². The van der Waals surface area contributed by atoms with E-state index in [1.807, 2.05) is 0 Å². The van der Waals surface area contributed by atoms with Crippen LogP contribution in [0.25, 0.3) is 0 Å². The molecule has 0 radical (unpaired) electrons. The molecule has 0 amide bonds. The molecule has 1 aliphatic heterocycles. The maximum absolute atomic E-state index is 11.9. The molecular weight excluding hydrogens is 212 g/mol. The zero-order chi connectivity index (χ0) is 12.4. The predicted octanol–water partition coefficient (Wildman–Crippen LogP) is 1.21. The molecule has 1 N–H and O–H groups in total. The minimum Gasteiger partial charge on any atom is -0.480 e. The fraction of sp³-hybridized carbons (Fsp3) is 0.818. The van der Waals surface area contributed by atoms with Gasteiger partial charge in [0.25, 0.3) is 0 Å². The van der Waals surface area contributed by atoms with Gasteiger partial charge in [-0.3, -0.25) is 9.59 Å². The Hall–Kier alpha value is -1.10. The summed E-state index contributed by atoms with van der Waals surface area (Å²) in [4.78, 5) is 23.1. The zero-order valence-corrected chi connectivity index (χ0v) is 9.91. The lowest BCUT2D eigenvalue weighted by atomic mass is 9.82. The highest BCUT2D eigenvalue weighted by atomic mass is 16.6. The first kappa shape index (κ1) is 13.0. The number of carboxylic acids is 1. The molecule has 5 nitrogen and oxygen atoms in total. The first-order valence-corrected chi connectivity index (χ1v) is 5.32. The lowest BCUT2D eigenvalue weighted by Gasteiger charge is -2.33. The van der Waals surface area contributed by atoms with E-state index < -0.39 is 23.0 Å². The Morgan fingerprint density at radius 3 is 2.38 bits per heavy atom. The summed E-state index contributed by atoms with van der Waals surface area (Å²) in [5.41, 5.74) is -2.21. The molecule has 0 saturated carbocycles. The average Bonchev–Trinajstić information content (AvgIpc) is 2.16. The monoisotopic (exact) mass is 230 g/mol. The summed E-state index contributed by atoms with van der Waals surface area (Å²) in [6, 6.07) is 0. The van der Waals surface area contributed by atoms with Crippen molar-refractivity contribution in [3.63, 3.8) is 0 Å². The van der Waals surface area contributed by atoms with Crippen LogP contribution in [0, 0.1) is 5.41 Å². The fourth-order valence-electron chi connectivity index (χ4n) is 1.59. The molecule has 0 spiro atoms. The van der Waals surface area contributed by atoms with Crippen LogP contribution in [0.1, 0.15) is 33.6 Å². The molecule has 1 unspecified atom stereocenters. The van der Waals surface area contributed by atoms with E-state index in [2.05, 4.69) is 0 Å². The van der Waals surface area contributed by atoms with Gasteiger partial charge in [-0.05, 0) is 33.6 Å². The summed E-state index contributed by atoms with van der Waals surface area (Å²) in [6.45, 7) is 5.54. The van der Waals surface area contributed by atoms with Gasteiger partial charge in [0.1, 0.15) is 5.60 Å². The second kappa shape index (κ2) is 4.41. The van der Waals surface area contributed by atoms with Crippen molar-refractivity contribution >= 4 is 11.9 Å². The molecule has 1 atom stereocenters. The number of rotatable bonds is 2. The number of carbonyl (C=O) groups excluding carboxylic acids is 1. The molecule has 0 bridgehead atoms. The molecule has 0 aromatic heterocycles. The Balaban J connectivity index is 2.85. The smallest absolute Gasteiger partial charge is 0.326 e. The van der Waals surface area contributed by atoms with Gasteiger partial charge in [-0.15, -0.1) is 0 Å². The molecule has 1 fully saturated rings. The standard InChI is InChI=1S/C11H18O5/c1-10(2,3)16-9(14)11(8(12)13)5-4-6-15-7-11/h4-7H2,1-3H3,(H,12,13). The fourth-order valence-corrected chi connectivity index (χ4v) is 1.59. The van der Waals surface area contributed by atoms with Gasteiger partial charge in [0.2, 0.25) is 0 Å². The third-order valence-electron chi connectivity index (χ3n) is 2.44. The van der Waals surface area contributed by atoms with Gasteiger partial charge in [-0.2, -0.15) is 0 Å². The van der Waals surface area contributed by atoms with Gasteiger partial charge >= 0.3 is 11.9 Å². The van der Waals surface area contributed by atoms with E-state index in [9.17, 15) is 14.7 Å². The van der Waals surface area contributed by atoms with Crippen molar-refractivity contribution < 1.29 is 24.2 Å². The van der Waals surface area contributed by atoms with Crippen LogP contribution in [0.15, 0.2) is 0 Å². The molecule has 0 aliphatic carbocycles. The van der Waals surface area contributed by atoms with E-state index in [0.717, 1.165) is 0 Å². The lowest BCUT2D eigenvalue weighted by molar-refractivity contribution is -0.185. The van der Waals surface area contributed by atoms with Gasteiger partial charge < -0.3 is 14.6 Å². The van der Waals surface area contributed by atoms with Crippen LogP contribution in [0.5, 0.6) is 0 Å². The Labute approximate surface area is 94.7 Å². The molecule has 1 saturated heterocycles. The van der Waals surface area contributed by atoms with Crippen LogP contribution in [0.2, 0.25) is 0 Å². The summed E-state index contributed by atoms with van der Waals surface area (Å²) < 4.78 is 10.2. The van der Waals surface area contributed by atoms with Gasteiger partial charge in [-0.1, -0.05) is 0 Å². The van der Waals surface area contributed by atoms with Gasteiger partial charge in [-0.25, -0.2) is 0 Å². The highest BCUT2D eigenvalue weighted by Gasteiger charge is 2.50. The molecule has 16 heavy (non-hydrogen) atoms. The number of hydrogen-bond acceptors (Lipinski definition) is 4. The third-order valence-corrected chi connectivity index (χ3v) is 2.44. The Morgan fingerprint density at radius 2 is 2.00 bits per heavy atom. The quantitative estimate of drug-likeness (QED) is 0.570. The van der Waals surface area contributed by atoms with Crippen molar-refractivity contribution in [1.82, 2.24) is 0 Å². The van der Waals surface area contributed by atoms with Gasteiger partial charge in [0.05, 0.1) is 6.61 Å². The summed E-state index contributed by atoms with van der Waals surface area (Å²) in [5.74, 6) is -1.87. The number of carboxylic acid groups (broad SMARTS) is 1. The van der Waals surface area contributed by atoms with Crippen molar-refractivity contribution in [3.05, 3.63) is 0 Å². The lowest BCUT2D eigenvalue weighted by Crippen LogP contribution is -2.49. The Kier molecular flexibility index (Phi) is 3.57. The first-order chi connectivity index (χ1) is 7.28. The molecule has 5 heteroatoms. The summed E-state index contributed by atoms with van der Waals surface area (Å²) >= 11 is 0. The van der Waals surface area contributed by atoms with Crippen LogP contribution in [0.3, 0.4) is 0 Å². The second-order valence-electron chi connectivity index (χ2n) is 5.05. The van der Waals surface area contributed by atoms with Crippen molar-refractivity contribution in [2.75, 3.05) is 13.2 Å². The first-order valence-electron chi connectivity index (χ1n) is 5.32. The highest BCUT2D eigenvalue weighted by Crippen LogP contribution is 2.32. The minimum absolute atomic E-state index is 0.1000. The van der Waals surface area contributed by atoms with Gasteiger partial charge in [0.15, 0.2) is 5.41 Å². The number of aliphatic carboxylic acids is 1. The largest absolute Gasteiger partial charge is 0.480 e. The molecular formula is C11H18O5. The van der Waals surface area contributed by atoms with Crippen molar-refractivity contribution in [2.45, 2.75) is 39.2 Å². The zero-order valence-electron chi connectivity index (χ0n) is 9.91. The number of esters is 1. The normalized spacial score (nSPS) is 26.2. The van der Waals surface area contributed by atoms with E-state index in [-0.39, 0.29) is 13.0 Å². The van der Waals surface area contributed by atoms with Crippen molar-refractivity contribution in [1.29, 1.82) is 0 Å². The number of hydrogen-bond donors (Lipinski definition) is 1. The molecule has 0 aromatic carbocycles. The summed E-state index contributed by atoms with van der Waals surface area (Å²) in [5, 5.41) is 9.18. The molecule has 1 rings (SSSR count). The van der Waals surface area contributed by atoms with Crippen molar-refractivity contribution in [2.24, 2.45) is 5.41 Å². The summed E-state index contributed by atoms with van der Waals surface area (Å²) in [6.07, 6.45) is 0.836. The minimum atomic E-state index is -1.52. The highest BCUT2D eigenvalue weighted by molar-refractivity contribution is 5.99. The number of ether oxygens (including phenoxy) is 2. The van der Waals surface area contributed by atoms with E-state index in [1.165, 1.54) is 0 Å². The molecule has 92 valence electrons. The Bertz CT molecular complexity index is 283. The van der Waals surface area contributed by atoms with Crippen LogP contribution >= 0.6 is 0 Å².